The third-order valence-corrected chi connectivity index (χ3v) is 5.10. The fourth-order valence-electron chi connectivity index (χ4n) is 4.01. The van der Waals surface area contributed by atoms with Gasteiger partial charge in [-0.3, -0.25) is 9.59 Å². The molecule has 22 heavy (non-hydrogen) atoms. The highest BCUT2D eigenvalue weighted by Crippen LogP contribution is 2.49. The van der Waals surface area contributed by atoms with Gasteiger partial charge in [-0.1, -0.05) is 24.6 Å². The first-order chi connectivity index (χ1) is 10.7. The van der Waals surface area contributed by atoms with Crippen LogP contribution in [0.2, 0.25) is 0 Å². The molecule has 4 nitrogen and oxygen atoms in total. The Hall–Kier alpha value is -1.84. The summed E-state index contributed by atoms with van der Waals surface area (Å²) < 4.78 is 0. The summed E-state index contributed by atoms with van der Waals surface area (Å²) in [4.78, 5) is 23.8. The van der Waals surface area contributed by atoms with Gasteiger partial charge in [-0.05, 0) is 49.1 Å². The molecule has 3 unspecified atom stereocenters. The van der Waals surface area contributed by atoms with Crippen molar-refractivity contribution >= 4 is 11.8 Å². The number of fused-ring (bicyclic) bond motifs is 2. The molecule has 1 aromatic carbocycles. The van der Waals surface area contributed by atoms with Gasteiger partial charge in [0.05, 0.1) is 0 Å². The van der Waals surface area contributed by atoms with E-state index in [1.807, 2.05) is 18.2 Å². The fourth-order valence-corrected chi connectivity index (χ4v) is 4.01. The van der Waals surface area contributed by atoms with Gasteiger partial charge in [0.15, 0.2) is 0 Å². The maximum absolute atomic E-state index is 12.0. The van der Waals surface area contributed by atoms with Crippen molar-refractivity contribution in [2.24, 2.45) is 17.8 Å². The minimum Gasteiger partial charge on any atom is -0.354 e. The second kappa shape index (κ2) is 6.95. The summed E-state index contributed by atoms with van der Waals surface area (Å²) in [6.45, 7) is 0.967. The predicted octanol–water partition coefficient (Wildman–Crippen LogP) is 2.36. The first-order valence-corrected chi connectivity index (χ1v) is 8.32. The van der Waals surface area contributed by atoms with Gasteiger partial charge in [0.2, 0.25) is 5.91 Å². The third-order valence-electron chi connectivity index (χ3n) is 5.10. The highest BCUT2D eigenvalue weighted by molar-refractivity contribution is 5.94. The van der Waals surface area contributed by atoms with Crippen LogP contribution in [0.5, 0.6) is 0 Å². The molecule has 3 rings (SSSR count). The maximum Gasteiger partial charge on any atom is 0.251 e. The van der Waals surface area contributed by atoms with Crippen LogP contribution in [0.3, 0.4) is 0 Å². The largest absolute Gasteiger partial charge is 0.354 e. The van der Waals surface area contributed by atoms with Gasteiger partial charge in [0.1, 0.15) is 0 Å². The van der Waals surface area contributed by atoms with Gasteiger partial charge >= 0.3 is 0 Å². The van der Waals surface area contributed by atoms with E-state index in [1.54, 1.807) is 12.1 Å². The molecule has 2 fully saturated rings. The molecule has 0 heterocycles. The molecule has 3 atom stereocenters. The maximum atomic E-state index is 12.0. The molecule has 2 bridgehead atoms. The molecule has 2 aliphatic carbocycles. The predicted molar refractivity (Wildman–Crippen MR) is 85.3 cm³/mol. The van der Waals surface area contributed by atoms with Crippen LogP contribution < -0.4 is 10.6 Å². The molecule has 4 heteroatoms. The summed E-state index contributed by atoms with van der Waals surface area (Å²) in [5, 5.41) is 5.74. The average Bonchev–Trinajstić information content (AvgIpc) is 3.15. The minimum atomic E-state index is -0.0945. The summed E-state index contributed by atoms with van der Waals surface area (Å²) in [6.07, 6.45) is 5.92. The lowest BCUT2D eigenvalue weighted by atomic mass is 9.86. The van der Waals surface area contributed by atoms with Crippen LogP contribution in [0.1, 0.15) is 42.5 Å². The van der Waals surface area contributed by atoms with E-state index in [4.69, 9.17) is 0 Å². The van der Waals surface area contributed by atoms with Gasteiger partial charge in [0.25, 0.3) is 5.91 Å². The monoisotopic (exact) mass is 300 g/mol. The van der Waals surface area contributed by atoms with E-state index in [0.717, 1.165) is 11.8 Å². The van der Waals surface area contributed by atoms with Crippen molar-refractivity contribution in [3.8, 4) is 0 Å². The Labute approximate surface area is 131 Å². The molecule has 0 aromatic heterocycles. The van der Waals surface area contributed by atoms with Crippen LogP contribution in [0, 0.1) is 17.8 Å². The topological polar surface area (TPSA) is 58.2 Å². The van der Waals surface area contributed by atoms with Crippen molar-refractivity contribution in [2.45, 2.75) is 32.1 Å². The molecule has 0 spiro atoms. The fraction of sp³-hybridized carbons (Fsp3) is 0.556. The van der Waals surface area contributed by atoms with E-state index >= 15 is 0 Å². The lowest BCUT2D eigenvalue weighted by molar-refractivity contribution is -0.122. The number of carbonyl (C=O) groups excluding carboxylic acids is 2. The Morgan fingerprint density at radius 3 is 2.45 bits per heavy atom. The quantitative estimate of drug-likeness (QED) is 0.792. The number of carbonyl (C=O) groups is 2. The smallest absolute Gasteiger partial charge is 0.251 e. The van der Waals surface area contributed by atoms with Crippen molar-refractivity contribution in [1.82, 2.24) is 10.6 Å². The molecule has 2 amide bonds. The summed E-state index contributed by atoms with van der Waals surface area (Å²) in [5.41, 5.74) is 0.649. The second-order valence-electron chi connectivity index (χ2n) is 6.61. The van der Waals surface area contributed by atoms with Crippen LogP contribution >= 0.6 is 0 Å². The van der Waals surface area contributed by atoms with E-state index in [2.05, 4.69) is 10.6 Å². The molecule has 2 saturated carbocycles. The molecule has 0 radical (unpaired) electrons. The van der Waals surface area contributed by atoms with Crippen molar-refractivity contribution in [2.75, 3.05) is 13.1 Å². The summed E-state index contributed by atoms with van der Waals surface area (Å²) in [6, 6.07) is 9.12. The second-order valence-corrected chi connectivity index (χ2v) is 6.61. The number of hydrogen-bond acceptors (Lipinski definition) is 2. The zero-order chi connectivity index (χ0) is 15.4. The average molecular weight is 300 g/mol. The van der Waals surface area contributed by atoms with Gasteiger partial charge in [0, 0.05) is 25.1 Å². The van der Waals surface area contributed by atoms with Gasteiger partial charge < -0.3 is 10.6 Å². The molecule has 0 aliphatic heterocycles. The zero-order valence-corrected chi connectivity index (χ0v) is 12.9. The summed E-state index contributed by atoms with van der Waals surface area (Å²) in [7, 11) is 0. The summed E-state index contributed by atoms with van der Waals surface area (Å²) in [5.74, 6) is 2.30. The first-order valence-electron chi connectivity index (χ1n) is 8.32. The van der Waals surface area contributed by atoms with E-state index in [9.17, 15) is 9.59 Å². The Bertz CT molecular complexity index is 529. The molecular weight excluding hydrogens is 276 g/mol. The summed E-state index contributed by atoms with van der Waals surface area (Å²) >= 11 is 0. The SMILES string of the molecule is O=C(CC1CC2CCC1C2)NCCNC(=O)c1ccccc1. The van der Waals surface area contributed by atoms with Crippen molar-refractivity contribution < 1.29 is 9.59 Å². The minimum absolute atomic E-state index is 0.0945. The van der Waals surface area contributed by atoms with Crippen LogP contribution in [-0.2, 0) is 4.79 Å². The van der Waals surface area contributed by atoms with E-state index < -0.39 is 0 Å². The van der Waals surface area contributed by atoms with Crippen LogP contribution in [0.15, 0.2) is 30.3 Å². The third kappa shape index (κ3) is 3.67. The van der Waals surface area contributed by atoms with E-state index in [-0.39, 0.29) is 11.8 Å². The van der Waals surface area contributed by atoms with Crippen molar-refractivity contribution in [3.63, 3.8) is 0 Å². The van der Waals surface area contributed by atoms with Crippen LogP contribution in [0.4, 0.5) is 0 Å². The molecular formula is C18H24N2O2. The number of nitrogens with one attached hydrogen (secondary N) is 2. The van der Waals surface area contributed by atoms with E-state index in [1.165, 1.54) is 25.7 Å². The standard InChI is InChI=1S/C18H24N2O2/c21-17(12-16-11-13-6-7-15(16)10-13)19-8-9-20-18(22)14-4-2-1-3-5-14/h1-5,13,15-16H,6-12H2,(H,19,21)(H,20,22). The molecule has 118 valence electrons. The highest BCUT2D eigenvalue weighted by atomic mass is 16.2. The lowest BCUT2D eigenvalue weighted by Gasteiger charge is -2.20. The van der Waals surface area contributed by atoms with Gasteiger partial charge in [-0.25, -0.2) is 0 Å². The Morgan fingerprint density at radius 1 is 1.00 bits per heavy atom. The normalized spacial score (nSPS) is 25.9. The van der Waals surface area contributed by atoms with Crippen LogP contribution in [0.25, 0.3) is 0 Å². The van der Waals surface area contributed by atoms with Crippen molar-refractivity contribution in [3.05, 3.63) is 35.9 Å². The molecule has 0 saturated heterocycles. The van der Waals surface area contributed by atoms with E-state index in [0.29, 0.717) is 31.0 Å². The van der Waals surface area contributed by atoms with Crippen molar-refractivity contribution in [1.29, 1.82) is 0 Å². The number of amides is 2. The Balaban J connectivity index is 1.31. The number of benzene rings is 1. The molecule has 2 N–H and O–H groups in total. The van der Waals surface area contributed by atoms with Gasteiger partial charge in [-0.15, -0.1) is 0 Å². The Morgan fingerprint density at radius 2 is 1.77 bits per heavy atom. The Kier molecular flexibility index (Phi) is 4.76. The number of hydrogen-bond donors (Lipinski definition) is 2. The number of rotatable bonds is 6. The lowest BCUT2D eigenvalue weighted by Crippen LogP contribution is -2.35. The van der Waals surface area contributed by atoms with Gasteiger partial charge in [-0.2, -0.15) is 0 Å². The molecule has 2 aliphatic rings. The highest BCUT2D eigenvalue weighted by Gasteiger charge is 2.39. The zero-order valence-electron chi connectivity index (χ0n) is 12.9. The first kappa shape index (κ1) is 15.1. The molecule has 1 aromatic rings. The van der Waals surface area contributed by atoms with Crippen LogP contribution in [-0.4, -0.2) is 24.9 Å².